The van der Waals surface area contributed by atoms with Crippen LogP contribution in [-0.4, -0.2) is 11.2 Å². The number of thiophene rings is 1. The summed E-state index contributed by atoms with van der Waals surface area (Å²) in [7, 11) is 0. The van der Waals surface area contributed by atoms with Crippen LogP contribution in [0.1, 0.15) is 51.3 Å². The molecule has 5 aromatic rings. The quantitative estimate of drug-likeness (QED) is 0.225. The number of pyridine rings is 1. The third kappa shape index (κ3) is 4.84. The van der Waals surface area contributed by atoms with E-state index in [0.717, 1.165) is 37.3 Å². The maximum absolute atomic E-state index is 13.4. The van der Waals surface area contributed by atoms with Crippen molar-refractivity contribution < 1.29 is 13.2 Å². The maximum atomic E-state index is 13.4. The van der Waals surface area contributed by atoms with Gasteiger partial charge in [0, 0.05) is 16.6 Å². The molecule has 38 heavy (non-hydrogen) atoms. The first kappa shape index (κ1) is 26.4. The van der Waals surface area contributed by atoms with E-state index in [1.54, 1.807) is 11.3 Å². The fourth-order valence-corrected chi connectivity index (χ4v) is 6.35. The molecule has 2 aromatic heterocycles. The highest BCUT2D eigenvalue weighted by atomic mass is 32.1. The summed E-state index contributed by atoms with van der Waals surface area (Å²) in [4.78, 5) is 5.91. The Hall–Kier alpha value is -3.18. The molecule has 0 saturated heterocycles. The van der Waals surface area contributed by atoms with Crippen molar-refractivity contribution in [3.05, 3.63) is 89.6 Å². The van der Waals surface area contributed by atoms with Gasteiger partial charge in [0.05, 0.1) is 15.8 Å². The van der Waals surface area contributed by atoms with Gasteiger partial charge in [0.15, 0.2) is 0 Å². The van der Waals surface area contributed by atoms with E-state index in [1.807, 2.05) is 37.4 Å². The third-order valence-electron chi connectivity index (χ3n) is 7.35. The Morgan fingerprint density at radius 1 is 0.816 bits per heavy atom. The number of aromatic nitrogens is 1. The molecule has 0 spiro atoms. The lowest BCUT2D eigenvalue weighted by atomic mass is 9.82. The smallest absolute Gasteiger partial charge is 0.255 e. The van der Waals surface area contributed by atoms with E-state index in [4.69, 9.17) is 4.98 Å². The number of benzene rings is 3. The van der Waals surface area contributed by atoms with Crippen molar-refractivity contribution in [2.24, 2.45) is 5.41 Å². The van der Waals surface area contributed by atoms with Gasteiger partial charge in [0.25, 0.3) is 0 Å². The Morgan fingerprint density at radius 3 is 2.24 bits per heavy atom. The highest BCUT2D eigenvalue weighted by Gasteiger charge is 2.47. The molecule has 0 fully saturated rings. The highest BCUT2D eigenvalue weighted by Crippen LogP contribution is 2.43. The maximum Gasteiger partial charge on any atom is 0.394 e. The SMILES string of the molecule is Cc1cc(CC(C)(C)C(F)(F)F)ccc1-c1cc2ccnc(-c3cc(C(C)(C)C)c4ccccc4c3)c2s1. The van der Waals surface area contributed by atoms with Crippen LogP contribution in [0.4, 0.5) is 13.2 Å². The van der Waals surface area contributed by atoms with Crippen molar-refractivity contribution >= 4 is 32.2 Å². The summed E-state index contributed by atoms with van der Waals surface area (Å²) in [5, 5.41) is 3.56. The van der Waals surface area contributed by atoms with E-state index < -0.39 is 11.6 Å². The lowest BCUT2D eigenvalue weighted by Gasteiger charge is -2.28. The minimum absolute atomic E-state index is 0.0241. The zero-order chi connectivity index (χ0) is 27.5. The van der Waals surface area contributed by atoms with Gasteiger partial charge in [-0.1, -0.05) is 77.1 Å². The average molecular weight is 532 g/mol. The predicted molar refractivity (Wildman–Crippen MR) is 155 cm³/mol. The number of alkyl halides is 3. The van der Waals surface area contributed by atoms with Crippen LogP contribution in [-0.2, 0) is 11.8 Å². The van der Waals surface area contributed by atoms with E-state index in [9.17, 15) is 13.2 Å². The van der Waals surface area contributed by atoms with Crippen LogP contribution >= 0.6 is 11.3 Å². The molecule has 196 valence electrons. The van der Waals surface area contributed by atoms with Crippen molar-refractivity contribution in [2.75, 3.05) is 0 Å². The van der Waals surface area contributed by atoms with E-state index in [2.05, 4.69) is 63.2 Å². The fraction of sp³-hybridized carbons (Fsp3) is 0.303. The molecule has 0 N–H and O–H groups in total. The molecule has 0 aliphatic heterocycles. The van der Waals surface area contributed by atoms with Crippen LogP contribution in [0.2, 0.25) is 0 Å². The number of rotatable bonds is 4. The van der Waals surface area contributed by atoms with Crippen LogP contribution in [0.15, 0.2) is 72.9 Å². The molecule has 0 amide bonds. The van der Waals surface area contributed by atoms with Gasteiger partial charge >= 0.3 is 6.18 Å². The Bertz CT molecular complexity index is 1650. The van der Waals surface area contributed by atoms with Crippen molar-refractivity contribution in [3.8, 4) is 21.7 Å². The molecule has 0 bridgehead atoms. The van der Waals surface area contributed by atoms with Crippen LogP contribution in [0.25, 0.3) is 42.6 Å². The monoisotopic (exact) mass is 531 g/mol. The molecule has 0 aliphatic carbocycles. The van der Waals surface area contributed by atoms with Gasteiger partial charge in [-0.2, -0.15) is 13.2 Å². The standard InChI is InChI=1S/C33H32F3NS/c1-20-15-21(19-32(5,6)33(34,35)36)11-12-25(20)28-18-23-13-14-37-29(30(23)38-28)24-16-22-9-7-8-10-26(22)27(17-24)31(2,3)4/h7-18H,19H2,1-6H3. The molecule has 5 heteroatoms. The number of fused-ring (bicyclic) bond motifs is 2. The summed E-state index contributed by atoms with van der Waals surface area (Å²) in [6, 6.07) is 22.8. The lowest BCUT2D eigenvalue weighted by molar-refractivity contribution is -0.211. The summed E-state index contributed by atoms with van der Waals surface area (Å²) in [6.45, 7) is 11.2. The van der Waals surface area contributed by atoms with Crippen LogP contribution in [0.3, 0.4) is 0 Å². The van der Waals surface area contributed by atoms with Gasteiger partial charge in [0.2, 0.25) is 0 Å². The molecule has 0 radical (unpaired) electrons. The number of hydrogen-bond acceptors (Lipinski definition) is 2. The molecule has 1 nitrogen and oxygen atoms in total. The Morgan fingerprint density at radius 2 is 1.55 bits per heavy atom. The summed E-state index contributed by atoms with van der Waals surface area (Å²) >= 11 is 1.69. The first-order chi connectivity index (χ1) is 17.7. The van der Waals surface area contributed by atoms with E-state index in [0.29, 0.717) is 5.56 Å². The summed E-state index contributed by atoms with van der Waals surface area (Å²) in [5.41, 5.74) is 4.25. The van der Waals surface area contributed by atoms with E-state index in [-0.39, 0.29) is 11.8 Å². The van der Waals surface area contributed by atoms with E-state index >= 15 is 0 Å². The molecule has 0 unspecified atom stereocenters. The molecule has 5 rings (SSSR count). The topological polar surface area (TPSA) is 12.9 Å². The summed E-state index contributed by atoms with van der Waals surface area (Å²) in [6.07, 6.45) is -2.43. The Labute approximate surface area is 226 Å². The second kappa shape index (κ2) is 9.23. The average Bonchev–Trinajstić information content (AvgIpc) is 3.26. The minimum atomic E-state index is -4.25. The van der Waals surface area contributed by atoms with Crippen molar-refractivity contribution in [1.29, 1.82) is 0 Å². The van der Waals surface area contributed by atoms with Crippen LogP contribution in [0, 0.1) is 12.3 Å². The van der Waals surface area contributed by atoms with Crippen molar-refractivity contribution in [3.63, 3.8) is 0 Å². The highest BCUT2D eigenvalue weighted by molar-refractivity contribution is 7.22. The number of nitrogens with zero attached hydrogens (tertiary/aromatic N) is 1. The van der Waals surface area contributed by atoms with Crippen LogP contribution in [0.5, 0.6) is 0 Å². The van der Waals surface area contributed by atoms with Gasteiger partial charge in [-0.25, -0.2) is 0 Å². The van der Waals surface area contributed by atoms with Crippen molar-refractivity contribution in [1.82, 2.24) is 4.98 Å². The zero-order valence-electron chi connectivity index (χ0n) is 22.6. The van der Waals surface area contributed by atoms with Gasteiger partial charge in [-0.3, -0.25) is 4.98 Å². The Balaban J connectivity index is 1.58. The molecular formula is C33H32F3NS. The summed E-state index contributed by atoms with van der Waals surface area (Å²) < 4.78 is 41.4. The molecule has 2 heterocycles. The molecule has 3 aromatic carbocycles. The van der Waals surface area contributed by atoms with E-state index in [1.165, 1.54) is 30.2 Å². The first-order valence-corrected chi connectivity index (χ1v) is 13.7. The predicted octanol–water partition coefficient (Wildman–Crippen LogP) is 10.5. The van der Waals surface area contributed by atoms with Crippen LogP contribution < -0.4 is 0 Å². The zero-order valence-corrected chi connectivity index (χ0v) is 23.4. The second-order valence-electron chi connectivity index (χ2n) is 11.9. The molecule has 0 saturated carbocycles. The normalized spacial score (nSPS) is 13.0. The fourth-order valence-electron chi connectivity index (χ4n) is 5.09. The minimum Gasteiger partial charge on any atom is -0.255 e. The van der Waals surface area contributed by atoms with Crippen molar-refractivity contribution in [2.45, 2.75) is 59.6 Å². The first-order valence-electron chi connectivity index (χ1n) is 12.8. The second-order valence-corrected chi connectivity index (χ2v) is 12.9. The van der Waals surface area contributed by atoms with Gasteiger partial charge in [-0.05, 0) is 81.4 Å². The van der Waals surface area contributed by atoms with Gasteiger partial charge in [0.1, 0.15) is 0 Å². The number of aryl methyl sites for hydroxylation is 1. The van der Waals surface area contributed by atoms with Gasteiger partial charge in [-0.15, -0.1) is 11.3 Å². The molecule has 0 atom stereocenters. The number of halogens is 3. The largest absolute Gasteiger partial charge is 0.394 e. The summed E-state index contributed by atoms with van der Waals surface area (Å²) in [5.74, 6) is 0. The number of hydrogen-bond donors (Lipinski definition) is 0. The molecular weight excluding hydrogens is 499 g/mol. The molecule has 0 aliphatic rings. The Kier molecular flexibility index (Phi) is 6.42. The van der Waals surface area contributed by atoms with Gasteiger partial charge < -0.3 is 0 Å². The lowest BCUT2D eigenvalue weighted by Crippen LogP contribution is -2.34. The third-order valence-corrected chi connectivity index (χ3v) is 8.54.